The van der Waals surface area contributed by atoms with E-state index in [4.69, 9.17) is 4.74 Å². The maximum atomic E-state index is 12.5. The van der Waals surface area contributed by atoms with E-state index in [0.29, 0.717) is 12.2 Å². The van der Waals surface area contributed by atoms with Crippen molar-refractivity contribution in [2.45, 2.75) is 25.9 Å². The second-order valence-electron chi connectivity index (χ2n) is 6.03. The van der Waals surface area contributed by atoms with E-state index in [0.717, 1.165) is 35.3 Å². The monoisotopic (exact) mass is 321 g/mol. The molecule has 5 nitrogen and oxygen atoms in total. The van der Waals surface area contributed by atoms with E-state index in [-0.39, 0.29) is 11.9 Å². The lowest BCUT2D eigenvalue weighted by Crippen LogP contribution is -2.42. The van der Waals surface area contributed by atoms with Crippen molar-refractivity contribution in [3.8, 4) is 5.75 Å². The first-order valence-electron chi connectivity index (χ1n) is 8.21. The van der Waals surface area contributed by atoms with Crippen LogP contribution in [-0.4, -0.2) is 28.1 Å². The molecule has 1 N–H and O–H groups in total. The molecular formula is C19H19N3O2. The molecule has 4 rings (SSSR count). The van der Waals surface area contributed by atoms with Gasteiger partial charge >= 0.3 is 0 Å². The molecule has 2 aromatic heterocycles. The summed E-state index contributed by atoms with van der Waals surface area (Å²) in [5, 5.41) is 4.03. The predicted molar refractivity (Wildman–Crippen MR) is 92.3 cm³/mol. The molecule has 1 aromatic carbocycles. The summed E-state index contributed by atoms with van der Waals surface area (Å²) in [5.41, 5.74) is 2.61. The minimum atomic E-state index is -0.110. The zero-order valence-corrected chi connectivity index (χ0v) is 13.5. The zero-order chi connectivity index (χ0) is 16.5. The third kappa shape index (κ3) is 2.62. The molecule has 0 radical (unpaired) electrons. The Morgan fingerprint density at radius 1 is 1.38 bits per heavy atom. The number of carbonyl (C=O) groups excluding carboxylic acids is 1. The third-order valence-electron chi connectivity index (χ3n) is 4.42. The summed E-state index contributed by atoms with van der Waals surface area (Å²) in [6.45, 7) is 3.42. The molecule has 122 valence electrons. The van der Waals surface area contributed by atoms with Crippen molar-refractivity contribution in [1.29, 1.82) is 0 Å². The number of para-hydroxylation sites is 1. The summed E-state index contributed by atoms with van der Waals surface area (Å²) in [4.78, 5) is 17.0. The molecular weight excluding hydrogens is 302 g/mol. The number of ether oxygens (including phenoxy) is 1. The Bertz CT molecular complexity index is 901. The highest BCUT2D eigenvalue weighted by Gasteiger charge is 2.21. The summed E-state index contributed by atoms with van der Waals surface area (Å²) in [7, 11) is 0. The molecule has 0 saturated heterocycles. The molecule has 1 amide bonds. The number of fused-ring (bicyclic) bond motifs is 2. The second-order valence-corrected chi connectivity index (χ2v) is 6.03. The van der Waals surface area contributed by atoms with Crippen LogP contribution in [0.5, 0.6) is 5.75 Å². The van der Waals surface area contributed by atoms with Gasteiger partial charge in [-0.05, 0) is 37.1 Å². The van der Waals surface area contributed by atoms with Crippen LogP contribution in [0, 0.1) is 0 Å². The number of amides is 1. The van der Waals surface area contributed by atoms with Crippen LogP contribution < -0.4 is 10.1 Å². The van der Waals surface area contributed by atoms with Gasteiger partial charge in [-0.1, -0.05) is 18.2 Å². The Morgan fingerprint density at radius 2 is 2.25 bits per heavy atom. The molecule has 0 aliphatic carbocycles. The van der Waals surface area contributed by atoms with Crippen molar-refractivity contribution in [1.82, 2.24) is 14.9 Å². The van der Waals surface area contributed by atoms with Crippen LogP contribution in [0.1, 0.15) is 22.8 Å². The number of hydrogen-bond donors (Lipinski definition) is 1. The number of carbonyl (C=O) groups is 1. The summed E-state index contributed by atoms with van der Waals surface area (Å²) >= 11 is 0. The van der Waals surface area contributed by atoms with Gasteiger partial charge in [0, 0.05) is 24.3 Å². The zero-order valence-electron chi connectivity index (χ0n) is 13.5. The summed E-state index contributed by atoms with van der Waals surface area (Å²) < 4.78 is 7.79. The Morgan fingerprint density at radius 3 is 3.12 bits per heavy atom. The van der Waals surface area contributed by atoms with Crippen molar-refractivity contribution in [3.05, 3.63) is 59.9 Å². The van der Waals surface area contributed by atoms with Gasteiger partial charge in [-0.25, -0.2) is 4.98 Å². The van der Waals surface area contributed by atoms with Crippen LogP contribution in [0.2, 0.25) is 0 Å². The first kappa shape index (κ1) is 14.8. The van der Waals surface area contributed by atoms with E-state index in [1.165, 1.54) is 0 Å². The maximum absolute atomic E-state index is 12.5. The number of rotatable bonds is 3. The molecule has 1 aliphatic heterocycles. The normalized spacial score (nSPS) is 16.5. The lowest BCUT2D eigenvalue weighted by Gasteiger charge is -2.26. The highest BCUT2D eigenvalue weighted by atomic mass is 16.5. The largest absolute Gasteiger partial charge is 0.491 e. The molecule has 0 fully saturated rings. The van der Waals surface area contributed by atoms with Crippen LogP contribution in [0.25, 0.3) is 11.0 Å². The number of aromatic nitrogens is 2. The van der Waals surface area contributed by atoms with Crippen molar-refractivity contribution in [2.75, 3.05) is 6.61 Å². The predicted octanol–water partition coefficient (Wildman–Crippen LogP) is 2.79. The van der Waals surface area contributed by atoms with Crippen LogP contribution in [0.15, 0.2) is 48.8 Å². The van der Waals surface area contributed by atoms with Gasteiger partial charge in [-0.3, -0.25) is 4.79 Å². The number of hydrogen-bond acceptors (Lipinski definition) is 3. The minimum Gasteiger partial charge on any atom is -0.491 e. The molecule has 0 spiro atoms. The Kier molecular flexibility index (Phi) is 3.69. The van der Waals surface area contributed by atoms with Gasteiger partial charge in [-0.2, -0.15) is 0 Å². The standard InChI is InChI=1S/C19H19N3O2/c1-2-22-8-7-14-9-15(11-20-18(14)22)19(23)21-16-10-13-5-3-4-6-17(13)24-12-16/h3-9,11,16H,2,10,12H2,1H3,(H,21,23)/t16-/m0/s1. The highest BCUT2D eigenvalue weighted by Crippen LogP contribution is 2.24. The van der Waals surface area contributed by atoms with E-state index >= 15 is 0 Å². The molecule has 0 saturated carbocycles. The van der Waals surface area contributed by atoms with Gasteiger partial charge < -0.3 is 14.6 Å². The summed E-state index contributed by atoms with van der Waals surface area (Å²) in [6.07, 6.45) is 4.41. The van der Waals surface area contributed by atoms with Gasteiger partial charge in [0.2, 0.25) is 0 Å². The summed E-state index contributed by atoms with van der Waals surface area (Å²) in [5.74, 6) is 0.800. The number of pyridine rings is 1. The van der Waals surface area contributed by atoms with Crippen molar-refractivity contribution in [2.24, 2.45) is 0 Å². The quantitative estimate of drug-likeness (QED) is 0.807. The lowest BCUT2D eigenvalue weighted by atomic mass is 10.0. The number of nitrogens with one attached hydrogen (secondary N) is 1. The lowest BCUT2D eigenvalue weighted by molar-refractivity contribution is 0.0915. The maximum Gasteiger partial charge on any atom is 0.253 e. The van der Waals surface area contributed by atoms with Gasteiger partial charge in [0.1, 0.15) is 18.0 Å². The third-order valence-corrected chi connectivity index (χ3v) is 4.42. The molecule has 1 aliphatic rings. The van der Waals surface area contributed by atoms with Crippen LogP contribution in [-0.2, 0) is 13.0 Å². The first-order chi connectivity index (χ1) is 11.7. The molecule has 0 unspecified atom stereocenters. The highest BCUT2D eigenvalue weighted by molar-refractivity contribution is 5.97. The Hall–Kier alpha value is -2.82. The fourth-order valence-corrected chi connectivity index (χ4v) is 3.15. The van der Waals surface area contributed by atoms with E-state index in [1.807, 2.05) is 42.6 Å². The molecule has 0 bridgehead atoms. The van der Waals surface area contributed by atoms with Crippen molar-refractivity contribution < 1.29 is 9.53 Å². The first-order valence-corrected chi connectivity index (χ1v) is 8.21. The Balaban J connectivity index is 1.50. The molecule has 1 atom stereocenters. The van der Waals surface area contributed by atoms with E-state index in [2.05, 4.69) is 21.8 Å². The van der Waals surface area contributed by atoms with Gasteiger partial charge in [0.15, 0.2) is 0 Å². The van der Waals surface area contributed by atoms with Gasteiger partial charge in [0.25, 0.3) is 5.91 Å². The van der Waals surface area contributed by atoms with E-state index in [1.54, 1.807) is 6.20 Å². The van der Waals surface area contributed by atoms with Crippen molar-refractivity contribution in [3.63, 3.8) is 0 Å². The minimum absolute atomic E-state index is 0.0247. The number of benzene rings is 1. The van der Waals surface area contributed by atoms with Crippen LogP contribution >= 0.6 is 0 Å². The van der Waals surface area contributed by atoms with Crippen LogP contribution in [0.4, 0.5) is 0 Å². The second kappa shape index (κ2) is 6.00. The molecule has 5 heteroatoms. The average molecular weight is 321 g/mol. The smallest absolute Gasteiger partial charge is 0.253 e. The topological polar surface area (TPSA) is 56.2 Å². The van der Waals surface area contributed by atoms with Crippen LogP contribution in [0.3, 0.4) is 0 Å². The number of aryl methyl sites for hydroxylation is 1. The van der Waals surface area contributed by atoms with Gasteiger partial charge in [0.05, 0.1) is 11.6 Å². The fourth-order valence-electron chi connectivity index (χ4n) is 3.15. The fraction of sp³-hybridized carbons (Fsp3) is 0.263. The van der Waals surface area contributed by atoms with E-state index in [9.17, 15) is 4.79 Å². The SMILES string of the molecule is CCn1ccc2cc(C(=O)N[C@@H]3COc4ccccc4C3)cnc21. The van der Waals surface area contributed by atoms with E-state index < -0.39 is 0 Å². The molecule has 3 aromatic rings. The Labute approximate surface area is 140 Å². The van der Waals surface area contributed by atoms with Gasteiger partial charge in [-0.15, -0.1) is 0 Å². The molecule has 3 heterocycles. The average Bonchev–Trinajstić information content (AvgIpc) is 3.04. The molecule has 24 heavy (non-hydrogen) atoms. The summed E-state index contributed by atoms with van der Waals surface area (Å²) in [6, 6.07) is 11.8. The number of nitrogens with zero attached hydrogens (tertiary/aromatic N) is 2. The van der Waals surface area contributed by atoms with Crippen molar-refractivity contribution >= 4 is 16.9 Å².